The molecule has 0 fully saturated rings. The predicted octanol–water partition coefficient (Wildman–Crippen LogP) is 2.71. The molecule has 116 valence electrons. The smallest absolute Gasteiger partial charge is 0.406 e. The van der Waals surface area contributed by atoms with Gasteiger partial charge in [0.2, 0.25) is 0 Å². The lowest BCUT2D eigenvalue weighted by molar-refractivity contribution is -0.149. The molecule has 21 heavy (non-hydrogen) atoms. The lowest BCUT2D eigenvalue weighted by atomic mass is 10.1. The second-order valence-corrected chi connectivity index (χ2v) is 4.32. The van der Waals surface area contributed by atoms with E-state index in [0.29, 0.717) is 12.1 Å². The van der Waals surface area contributed by atoms with E-state index < -0.39 is 53.4 Å². The Kier molecular flexibility index (Phi) is 5.10. The van der Waals surface area contributed by atoms with E-state index in [9.17, 15) is 31.5 Å². The summed E-state index contributed by atoms with van der Waals surface area (Å²) in [6.45, 7) is -3.14. The van der Waals surface area contributed by atoms with Gasteiger partial charge in [-0.1, -0.05) is 11.6 Å². The second-order valence-electron chi connectivity index (χ2n) is 3.92. The van der Waals surface area contributed by atoms with Gasteiger partial charge < -0.3 is 10.0 Å². The number of halogens is 6. The average molecular weight is 332 g/mol. The van der Waals surface area contributed by atoms with Crippen molar-refractivity contribution in [3.63, 3.8) is 0 Å². The zero-order valence-electron chi connectivity index (χ0n) is 10.0. The molecule has 1 amide bonds. The van der Waals surface area contributed by atoms with Gasteiger partial charge in [0.1, 0.15) is 13.1 Å². The monoisotopic (exact) mass is 331 g/mol. The largest absolute Gasteiger partial charge is 0.480 e. The Hall–Kier alpha value is -1.90. The van der Waals surface area contributed by atoms with Crippen molar-refractivity contribution in [2.45, 2.75) is 6.18 Å². The van der Waals surface area contributed by atoms with Crippen LogP contribution in [0.2, 0.25) is 5.02 Å². The molecule has 0 aliphatic heterocycles. The molecule has 0 radical (unpaired) electrons. The van der Waals surface area contributed by atoms with Crippen molar-refractivity contribution in [2.24, 2.45) is 0 Å². The molecule has 10 heteroatoms. The number of hydrogen-bond acceptors (Lipinski definition) is 2. The molecule has 1 rings (SSSR count). The lowest BCUT2D eigenvalue weighted by Gasteiger charge is -2.22. The van der Waals surface area contributed by atoms with Gasteiger partial charge in [-0.05, 0) is 12.1 Å². The molecule has 1 aromatic rings. The van der Waals surface area contributed by atoms with E-state index in [0.717, 1.165) is 0 Å². The third-order valence-corrected chi connectivity index (χ3v) is 2.54. The fourth-order valence-corrected chi connectivity index (χ4v) is 1.67. The maximum atomic E-state index is 13.0. The van der Waals surface area contributed by atoms with Crippen LogP contribution in [0.3, 0.4) is 0 Å². The molecule has 0 bridgehead atoms. The Morgan fingerprint density at radius 1 is 1.19 bits per heavy atom. The van der Waals surface area contributed by atoms with Crippen molar-refractivity contribution in [2.75, 3.05) is 13.1 Å². The molecule has 0 spiro atoms. The number of carboxylic acid groups (broad SMARTS) is 1. The fraction of sp³-hybridized carbons (Fsp3) is 0.273. The van der Waals surface area contributed by atoms with Gasteiger partial charge in [-0.3, -0.25) is 9.59 Å². The molecule has 0 aliphatic carbocycles. The number of amides is 1. The van der Waals surface area contributed by atoms with Crippen LogP contribution in [0, 0.1) is 11.6 Å². The van der Waals surface area contributed by atoms with Gasteiger partial charge in [0.15, 0.2) is 11.6 Å². The highest BCUT2D eigenvalue weighted by molar-refractivity contribution is 6.33. The van der Waals surface area contributed by atoms with Crippen LogP contribution in [0.4, 0.5) is 22.0 Å². The maximum absolute atomic E-state index is 13.0. The van der Waals surface area contributed by atoms with Crippen LogP contribution in [0.1, 0.15) is 10.4 Å². The number of nitrogens with zero attached hydrogens (tertiary/aromatic N) is 1. The highest BCUT2D eigenvalue weighted by Crippen LogP contribution is 2.24. The number of carbonyl (C=O) groups is 2. The molecular formula is C11H7ClF5NO3. The van der Waals surface area contributed by atoms with Crippen LogP contribution < -0.4 is 0 Å². The SMILES string of the molecule is O=C(O)CN(CC(F)(F)F)C(=O)c1cc(F)c(F)cc1Cl. The minimum absolute atomic E-state index is 0.0824. The van der Waals surface area contributed by atoms with Crippen LogP contribution >= 0.6 is 11.6 Å². The van der Waals surface area contributed by atoms with E-state index in [1.165, 1.54) is 0 Å². The summed E-state index contributed by atoms with van der Waals surface area (Å²) >= 11 is 5.47. The van der Waals surface area contributed by atoms with E-state index in [4.69, 9.17) is 16.7 Å². The molecule has 0 unspecified atom stereocenters. The van der Waals surface area contributed by atoms with Crippen LogP contribution in [-0.2, 0) is 4.79 Å². The predicted molar refractivity (Wildman–Crippen MR) is 61.0 cm³/mol. The van der Waals surface area contributed by atoms with Gasteiger partial charge in [-0.15, -0.1) is 0 Å². The average Bonchev–Trinajstić information content (AvgIpc) is 2.29. The standard InChI is InChI=1S/C11H7ClF5NO3/c12-6-2-8(14)7(13)1-5(6)10(21)18(3-9(19)20)4-11(15,16)17/h1-2H,3-4H2,(H,19,20). The van der Waals surface area contributed by atoms with Gasteiger partial charge in [0.25, 0.3) is 5.91 Å². The van der Waals surface area contributed by atoms with E-state index >= 15 is 0 Å². The molecule has 0 saturated heterocycles. The van der Waals surface area contributed by atoms with Crippen molar-refractivity contribution in [3.8, 4) is 0 Å². The first-order valence-corrected chi connectivity index (χ1v) is 5.61. The van der Waals surface area contributed by atoms with E-state index in [-0.39, 0.29) is 4.90 Å². The first-order chi connectivity index (χ1) is 9.51. The third kappa shape index (κ3) is 4.85. The van der Waals surface area contributed by atoms with E-state index in [1.807, 2.05) is 0 Å². The Balaban J connectivity index is 3.16. The molecule has 0 saturated carbocycles. The Morgan fingerprint density at radius 2 is 1.71 bits per heavy atom. The summed E-state index contributed by atoms with van der Waals surface area (Å²) in [4.78, 5) is 22.3. The Morgan fingerprint density at radius 3 is 2.19 bits per heavy atom. The quantitative estimate of drug-likeness (QED) is 0.682. The minimum atomic E-state index is -4.86. The van der Waals surface area contributed by atoms with Crippen LogP contribution in [0.25, 0.3) is 0 Å². The lowest BCUT2D eigenvalue weighted by Crippen LogP contribution is -2.42. The number of aliphatic carboxylic acids is 1. The summed E-state index contributed by atoms with van der Waals surface area (Å²) in [6, 6.07) is 0.724. The first-order valence-electron chi connectivity index (χ1n) is 5.23. The molecular weight excluding hydrogens is 325 g/mol. The van der Waals surface area contributed by atoms with Crippen LogP contribution in [-0.4, -0.2) is 41.1 Å². The topological polar surface area (TPSA) is 57.6 Å². The molecule has 1 aromatic carbocycles. The van der Waals surface area contributed by atoms with Gasteiger partial charge >= 0.3 is 12.1 Å². The van der Waals surface area contributed by atoms with Crippen LogP contribution in [0.5, 0.6) is 0 Å². The maximum Gasteiger partial charge on any atom is 0.406 e. The van der Waals surface area contributed by atoms with Crippen molar-refractivity contribution >= 4 is 23.5 Å². The summed E-state index contributed by atoms with van der Waals surface area (Å²) < 4.78 is 62.9. The van der Waals surface area contributed by atoms with Gasteiger partial charge in [0, 0.05) is 0 Å². The van der Waals surface area contributed by atoms with Gasteiger partial charge in [0.05, 0.1) is 10.6 Å². The van der Waals surface area contributed by atoms with E-state index in [1.54, 1.807) is 0 Å². The number of hydrogen-bond donors (Lipinski definition) is 1. The molecule has 0 atom stereocenters. The normalized spacial score (nSPS) is 11.3. The van der Waals surface area contributed by atoms with Crippen molar-refractivity contribution < 1.29 is 36.6 Å². The number of benzene rings is 1. The highest BCUT2D eigenvalue weighted by Gasteiger charge is 2.35. The van der Waals surface area contributed by atoms with Crippen molar-refractivity contribution in [3.05, 3.63) is 34.4 Å². The summed E-state index contributed by atoms with van der Waals surface area (Å²) in [7, 11) is 0. The number of alkyl halides is 3. The van der Waals surface area contributed by atoms with Crippen molar-refractivity contribution in [1.29, 1.82) is 0 Å². The number of carbonyl (C=O) groups excluding carboxylic acids is 1. The Bertz CT molecular complexity index is 576. The molecule has 0 heterocycles. The van der Waals surface area contributed by atoms with E-state index in [2.05, 4.69) is 0 Å². The zero-order chi connectivity index (χ0) is 16.4. The van der Waals surface area contributed by atoms with Gasteiger partial charge in [-0.25, -0.2) is 8.78 Å². The third-order valence-electron chi connectivity index (χ3n) is 2.22. The molecule has 0 aromatic heterocycles. The summed E-state index contributed by atoms with van der Waals surface area (Å²) in [5.74, 6) is -6.06. The molecule has 1 N–H and O–H groups in total. The van der Waals surface area contributed by atoms with Crippen molar-refractivity contribution in [1.82, 2.24) is 4.90 Å². The molecule has 0 aliphatic rings. The number of rotatable bonds is 4. The summed E-state index contributed by atoms with van der Waals surface area (Å²) in [5, 5.41) is 7.89. The fourth-order valence-electron chi connectivity index (χ4n) is 1.44. The second kappa shape index (κ2) is 6.25. The molecule has 4 nitrogen and oxygen atoms in total. The zero-order valence-corrected chi connectivity index (χ0v) is 10.8. The minimum Gasteiger partial charge on any atom is -0.480 e. The summed E-state index contributed by atoms with van der Waals surface area (Å²) in [6.07, 6.45) is -4.86. The van der Waals surface area contributed by atoms with Gasteiger partial charge in [-0.2, -0.15) is 13.2 Å². The van der Waals surface area contributed by atoms with Crippen LogP contribution in [0.15, 0.2) is 12.1 Å². The first kappa shape index (κ1) is 17.2. The summed E-state index contributed by atoms with van der Waals surface area (Å²) in [5.41, 5.74) is -0.763. The number of carboxylic acids is 1. The highest BCUT2D eigenvalue weighted by atomic mass is 35.5. The Labute approximate surface area is 119 Å².